The van der Waals surface area contributed by atoms with Gasteiger partial charge in [0.25, 0.3) is 5.91 Å². The third-order valence-corrected chi connectivity index (χ3v) is 8.37. The number of nitrogens with one attached hydrogen (secondary N) is 2. The predicted octanol–water partition coefficient (Wildman–Crippen LogP) is 4.86. The molecule has 3 aromatic carbocycles. The molecular weight excluding hydrogens is 573 g/mol. The fourth-order valence-corrected chi connectivity index (χ4v) is 5.68. The highest BCUT2D eigenvalue weighted by Gasteiger charge is 2.20. The molecule has 4 aromatic rings. The lowest BCUT2D eigenvalue weighted by molar-refractivity contribution is -0.119. The van der Waals surface area contributed by atoms with Gasteiger partial charge in [-0.15, -0.1) is 11.3 Å². The smallest absolute Gasteiger partial charge is 0.355 e. The van der Waals surface area contributed by atoms with Crippen LogP contribution in [-0.2, 0) is 14.8 Å². The molecule has 0 fully saturated rings. The topological polar surface area (TPSA) is 123 Å². The van der Waals surface area contributed by atoms with Crippen LogP contribution in [0.25, 0.3) is 10.1 Å². The maximum atomic E-state index is 12.7. The van der Waals surface area contributed by atoms with Gasteiger partial charge in [-0.1, -0.05) is 23.2 Å². The van der Waals surface area contributed by atoms with Crippen molar-refractivity contribution < 1.29 is 27.5 Å². The molecule has 0 saturated carbocycles. The normalized spacial score (nSPS) is 11.6. The number of hydrogen-bond acceptors (Lipinski definition) is 8. The van der Waals surface area contributed by atoms with Crippen LogP contribution in [-0.4, -0.2) is 40.2 Å². The average Bonchev–Trinajstić information content (AvgIpc) is 3.24. The van der Waals surface area contributed by atoms with E-state index in [0.29, 0.717) is 27.1 Å². The number of rotatable bonds is 9. The van der Waals surface area contributed by atoms with E-state index in [1.807, 2.05) is 0 Å². The van der Waals surface area contributed by atoms with Crippen molar-refractivity contribution in [2.75, 3.05) is 13.7 Å². The van der Waals surface area contributed by atoms with Crippen LogP contribution < -0.4 is 19.6 Å². The third-order valence-electron chi connectivity index (χ3n) is 5.06. The number of sulfonamides is 1. The molecule has 2 N–H and O–H groups in total. The summed E-state index contributed by atoms with van der Waals surface area (Å²) >= 11 is 13.3. The maximum Gasteiger partial charge on any atom is 0.355 e. The van der Waals surface area contributed by atoms with Crippen molar-refractivity contribution in [3.8, 4) is 11.5 Å². The summed E-state index contributed by atoms with van der Waals surface area (Å²) in [4.78, 5) is 24.9. The molecule has 4 rings (SSSR count). The SMILES string of the molecule is COc1ccc2c(Cl)c(C(=O)Oc3ccc(/C=N\NC(=O)CNS(=O)(=O)c4ccc(Cl)cc4)cc3)sc2c1. The van der Waals surface area contributed by atoms with Crippen molar-refractivity contribution in [2.45, 2.75) is 4.90 Å². The Morgan fingerprint density at radius 1 is 1.00 bits per heavy atom. The molecule has 0 aliphatic rings. The van der Waals surface area contributed by atoms with Gasteiger partial charge >= 0.3 is 5.97 Å². The molecule has 38 heavy (non-hydrogen) atoms. The molecule has 0 radical (unpaired) electrons. The number of benzene rings is 3. The number of amides is 1. The minimum atomic E-state index is -3.87. The Balaban J connectivity index is 1.30. The van der Waals surface area contributed by atoms with Gasteiger partial charge in [0.05, 0.1) is 29.8 Å². The first-order chi connectivity index (χ1) is 18.2. The van der Waals surface area contributed by atoms with Crippen LogP contribution in [0, 0.1) is 0 Å². The second-order valence-electron chi connectivity index (χ2n) is 7.64. The van der Waals surface area contributed by atoms with Gasteiger partial charge in [0.15, 0.2) is 0 Å². The molecule has 1 amide bonds. The molecule has 0 unspecified atom stereocenters. The fraction of sp³-hybridized carbons (Fsp3) is 0.0800. The molecule has 196 valence electrons. The zero-order valence-electron chi connectivity index (χ0n) is 19.6. The van der Waals surface area contributed by atoms with E-state index in [2.05, 4.69) is 15.2 Å². The Kier molecular flexibility index (Phi) is 8.65. The molecule has 0 aliphatic carbocycles. The van der Waals surface area contributed by atoms with Crippen LogP contribution >= 0.6 is 34.5 Å². The molecular formula is C25H19Cl2N3O6S2. The van der Waals surface area contributed by atoms with E-state index in [-0.39, 0.29) is 9.77 Å². The van der Waals surface area contributed by atoms with Crippen molar-refractivity contribution >= 4 is 72.7 Å². The number of thiophene rings is 1. The zero-order valence-corrected chi connectivity index (χ0v) is 22.7. The summed E-state index contributed by atoms with van der Waals surface area (Å²) in [5.41, 5.74) is 2.83. The summed E-state index contributed by atoms with van der Waals surface area (Å²) in [5.74, 6) is -0.311. The van der Waals surface area contributed by atoms with Crippen molar-refractivity contribution in [2.24, 2.45) is 5.10 Å². The van der Waals surface area contributed by atoms with E-state index >= 15 is 0 Å². The quantitative estimate of drug-likeness (QED) is 0.124. The number of hydrogen-bond donors (Lipinski definition) is 2. The number of carbonyl (C=O) groups is 2. The summed E-state index contributed by atoms with van der Waals surface area (Å²) < 4.78 is 38.1. The van der Waals surface area contributed by atoms with Crippen LogP contribution in [0.5, 0.6) is 11.5 Å². The van der Waals surface area contributed by atoms with Crippen LogP contribution in [0.1, 0.15) is 15.2 Å². The second-order valence-corrected chi connectivity index (χ2v) is 11.3. The van der Waals surface area contributed by atoms with Crippen molar-refractivity contribution in [3.63, 3.8) is 0 Å². The van der Waals surface area contributed by atoms with Crippen molar-refractivity contribution in [1.82, 2.24) is 10.1 Å². The van der Waals surface area contributed by atoms with Crippen molar-refractivity contribution in [1.29, 1.82) is 0 Å². The van der Waals surface area contributed by atoms with Gasteiger partial charge in [0.1, 0.15) is 16.4 Å². The zero-order chi connectivity index (χ0) is 27.3. The van der Waals surface area contributed by atoms with Gasteiger partial charge in [-0.05, 0) is 72.3 Å². The molecule has 0 aliphatic heterocycles. The van der Waals surface area contributed by atoms with Gasteiger partial charge in [0.2, 0.25) is 10.0 Å². The van der Waals surface area contributed by atoms with Gasteiger partial charge in [0, 0.05) is 15.1 Å². The number of nitrogens with zero attached hydrogens (tertiary/aromatic N) is 1. The summed E-state index contributed by atoms with van der Waals surface area (Å²) in [6, 6.07) is 17.2. The van der Waals surface area contributed by atoms with E-state index in [1.165, 1.54) is 41.8 Å². The number of fused-ring (bicyclic) bond motifs is 1. The van der Waals surface area contributed by atoms with Crippen LogP contribution in [0.4, 0.5) is 0 Å². The minimum Gasteiger partial charge on any atom is -0.497 e. The predicted molar refractivity (Wildman–Crippen MR) is 147 cm³/mol. The number of hydrazone groups is 1. The van der Waals surface area contributed by atoms with Crippen LogP contribution in [0.3, 0.4) is 0 Å². The lowest BCUT2D eigenvalue weighted by Crippen LogP contribution is -2.34. The molecule has 0 spiro atoms. The maximum absolute atomic E-state index is 12.7. The van der Waals surface area contributed by atoms with Gasteiger partial charge < -0.3 is 9.47 Å². The highest BCUT2D eigenvalue weighted by Crippen LogP contribution is 2.37. The summed E-state index contributed by atoms with van der Waals surface area (Å²) in [5, 5.41) is 5.24. The Morgan fingerprint density at radius 2 is 1.68 bits per heavy atom. The number of methoxy groups -OCH3 is 1. The van der Waals surface area contributed by atoms with Crippen LogP contribution in [0.15, 0.2) is 76.7 Å². The average molecular weight is 592 g/mol. The highest BCUT2D eigenvalue weighted by atomic mass is 35.5. The first-order valence-electron chi connectivity index (χ1n) is 10.8. The molecule has 1 heterocycles. The monoisotopic (exact) mass is 591 g/mol. The minimum absolute atomic E-state index is 0.0196. The summed E-state index contributed by atoms with van der Waals surface area (Å²) in [6.07, 6.45) is 1.35. The van der Waals surface area contributed by atoms with E-state index in [1.54, 1.807) is 49.6 Å². The molecule has 13 heteroatoms. The Hall–Kier alpha value is -3.48. The van der Waals surface area contributed by atoms with E-state index < -0.39 is 28.4 Å². The lowest BCUT2D eigenvalue weighted by atomic mass is 10.2. The number of esters is 1. The lowest BCUT2D eigenvalue weighted by Gasteiger charge is -2.06. The molecule has 9 nitrogen and oxygen atoms in total. The van der Waals surface area contributed by atoms with E-state index in [0.717, 1.165) is 10.1 Å². The Labute approximate surface area is 232 Å². The molecule has 0 saturated heterocycles. The largest absolute Gasteiger partial charge is 0.497 e. The van der Waals surface area contributed by atoms with E-state index in [4.69, 9.17) is 32.7 Å². The van der Waals surface area contributed by atoms with E-state index in [9.17, 15) is 18.0 Å². The summed E-state index contributed by atoms with van der Waals surface area (Å²) in [6.45, 7) is -0.510. The second kappa shape index (κ2) is 11.9. The van der Waals surface area contributed by atoms with Gasteiger partial charge in [-0.2, -0.15) is 5.10 Å². The molecule has 1 aromatic heterocycles. The van der Waals surface area contributed by atoms with Crippen molar-refractivity contribution in [3.05, 3.63) is 87.2 Å². The summed E-state index contributed by atoms with van der Waals surface area (Å²) in [7, 11) is -2.32. The first-order valence-corrected chi connectivity index (χ1v) is 13.9. The Morgan fingerprint density at radius 3 is 2.37 bits per heavy atom. The molecule has 0 bridgehead atoms. The van der Waals surface area contributed by atoms with Gasteiger partial charge in [-0.3, -0.25) is 4.79 Å². The highest BCUT2D eigenvalue weighted by molar-refractivity contribution is 7.89. The number of carbonyl (C=O) groups excluding carboxylic acids is 2. The third kappa shape index (κ3) is 6.69. The van der Waals surface area contributed by atoms with Crippen LogP contribution in [0.2, 0.25) is 10.0 Å². The fourth-order valence-electron chi connectivity index (χ4n) is 3.16. The first kappa shape index (κ1) is 27.6. The molecule has 0 atom stereocenters. The van der Waals surface area contributed by atoms with Gasteiger partial charge in [-0.25, -0.2) is 23.4 Å². The number of halogens is 2. The Bertz CT molecular complexity index is 1620. The standard InChI is InChI=1S/C25H19Cl2N3O6S2/c1-35-18-8-11-20-21(12-18)37-24(23(20)27)25(32)36-17-6-2-15(3-7-17)13-28-30-22(31)14-29-38(33,34)19-9-4-16(26)5-10-19/h2-13,29H,14H2,1H3,(H,30,31)/b28-13-. The number of ether oxygens (including phenoxy) is 2.